The van der Waals surface area contributed by atoms with Crippen molar-refractivity contribution in [1.82, 2.24) is 39.0 Å². The molecule has 4 aromatic heterocycles. The number of carbonyl (C=O) groups is 2. The standard InChI is InChI=1S/C35H38FN11O11P2S/c1-4-20-21(13-23(55-20)46-16-40-25-28(38-15-39-29(25)46)42-32(49)19-9-6-5-7-10-19)58-60(61,53-12-8-11-37)54-14-22-24(36)27(57-59(51)52)34(56-22)47-17-41-26-30(47)43-35(45-33(26)50)44-31(48)18(2)3/h5-7,9-10,15-18,20-24,27,34H,4,8,12-14H2,1-3H3,(H3-,38,39,42,43,44,45,48,49,50,51,52)/p+1/t20-,21+,22-,23-,24-,27-,34-,60?/m1/s1. The molecule has 0 aliphatic carbocycles. The number of amides is 2. The van der Waals surface area contributed by atoms with Gasteiger partial charge in [0, 0.05) is 22.5 Å². The Morgan fingerprint density at radius 1 is 1.10 bits per heavy atom. The molecule has 22 nitrogen and oxygen atoms in total. The lowest BCUT2D eigenvalue weighted by Gasteiger charge is -2.27. The smallest absolute Gasteiger partial charge is 0.352 e. The highest BCUT2D eigenvalue weighted by Gasteiger charge is 2.53. The number of hydrogen-bond donors (Lipinski definition) is 4. The van der Waals surface area contributed by atoms with Crippen molar-refractivity contribution >= 4 is 72.7 Å². The van der Waals surface area contributed by atoms with Crippen molar-refractivity contribution in [2.45, 2.75) is 83.1 Å². The van der Waals surface area contributed by atoms with E-state index in [9.17, 15) is 29.1 Å². The lowest BCUT2D eigenvalue weighted by atomic mass is 10.1. The van der Waals surface area contributed by atoms with Crippen LogP contribution >= 0.6 is 15.0 Å². The normalized spacial score (nSPS) is 23.9. The Morgan fingerprint density at radius 3 is 2.57 bits per heavy atom. The van der Waals surface area contributed by atoms with E-state index in [2.05, 4.69) is 40.5 Å². The summed E-state index contributed by atoms with van der Waals surface area (Å²) in [5, 5.41) is 14.5. The predicted molar refractivity (Wildman–Crippen MR) is 215 cm³/mol. The Kier molecular flexibility index (Phi) is 13.7. The van der Waals surface area contributed by atoms with Crippen molar-refractivity contribution < 1.29 is 51.0 Å². The zero-order valence-electron chi connectivity index (χ0n) is 32.6. The molecule has 2 unspecified atom stereocenters. The number of aromatic nitrogens is 8. The first-order valence-corrected chi connectivity index (χ1v) is 22.5. The van der Waals surface area contributed by atoms with Gasteiger partial charge in [-0.25, -0.2) is 24.3 Å². The summed E-state index contributed by atoms with van der Waals surface area (Å²) in [7, 11) is -3.37. The number of alkyl halides is 1. The molecule has 26 heteroatoms. The molecule has 2 aliphatic rings. The van der Waals surface area contributed by atoms with Gasteiger partial charge in [-0.1, -0.05) is 39.0 Å². The number of aromatic amines is 1. The Hall–Kier alpha value is -5.05. The van der Waals surface area contributed by atoms with E-state index in [0.717, 1.165) is 10.9 Å². The van der Waals surface area contributed by atoms with Gasteiger partial charge in [-0.05, 0) is 30.4 Å². The number of rotatable bonds is 17. The summed E-state index contributed by atoms with van der Waals surface area (Å²) in [6.45, 7) is 0.487. The van der Waals surface area contributed by atoms with E-state index < -0.39 is 82.0 Å². The number of nitrogens with zero attached hydrogens (tertiary/aromatic N) is 8. The van der Waals surface area contributed by atoms with Gasteiger partial charge in [-0.2, -0.15) is 10.2 Å². The van der Waals surface area contributed by atoms with Crippen molar-refractivity contribution in [3.05, 3.63) is 65.2 Å². The summed E-state index contributed by atoms with van der Waals surface area (Å²) in [4.78, 5) is 71.5. The number of fused-ring (bicyclic) bond motifs is 2. The summed E-state index contributed by atoms with van der Waals surface area (Å²) < 4.78 is 66.6. The summed E-state index contributed by atoms with van der Waals surface area (Å²) >= 11 is 5.80. The van der Waals surface area contributed by atoms with Gasteiger partial charge in [-0.15, -0.1) is 9.42 Å². The van der Waals surface area contributed by atoms with Gasteiger partial charge >= 0.3 is 15.0 Å². The Bertz CT molecular complexity index is 2580. The van der Waals surface area contributed by atoms with Gasteiger partial charge in [0.2, 0.25) is 11.9 Å². The first-order chi connectivity index (χ1) is 29.3. The van der Waals surface area contributed by atoms with Crippen molar-refractivity contribution in [2.75, 3.05) is 23.8 Å². The monoisotopic (exact) mass is 902 g/mol. The van der Waals surface area contributed by atoms with Crippen molar-refractivity contribution in [2.24, 2.45) is 5.92 Å². The number of imidazole rings is 2. The number of anilines is 2. The van der Waals surface area contributed by atoms with Crippen LogP contribution < -0.4 is 16.2 Å². The average molecular weight is 903 g/mol. The molecule has 0 bridgehead atoms. The first-order valence-electron chi connectivity index (χ1n) is 18.8. The first kappa shape index (κ1) is 44.0. The molecule has 322 valence electrons. The highest BCUT2D eigenvalue weighted by atomic mass is 32.5. The number of ether oxygens (including phenoxy) is 2. The molecule has 1 aromatic carbocycles. The lowest BCUT2D eigenvalue weighted by Crippen LogP contribution is -2.31. The topological polar surface area (TPSA) is 282 Å². The van der Waals surface area contributed by atoms with E-state index in [-0.39, 0.29) is 48.3 Å². The largest absolute Gasteiger partial charge is 0.695 e. The molecule has 0 spiro atoms. The van der Waals surface area contributed by atoms with Crippen LogP contribution in [0.25, 0.3) is 22.3 Å². The molecule has 2 amide bonds. The summed E-state index contributed by atoms with van der Waals surface area (Å²) in [6.07, 6.45) is -4.45. The highest BCUT2D eigenvalue weighted by molar-refractivity contribution is 8.07. The molecular formula is C35H39FN11O11P2S+. The molecule has 2 aliphatic heterocycles. The number of hydrogen-bond acceptors (Lipinski definition) is 17. The minimum absolute atomic E-state index is 0.0807. The van der Waals surface area contributed by atoms with Gasteiger partial charge in [0.25, 0.3) is 11.5 Å². The molecule has 5 aromatic rings. The second kappa shape index (κ2) is 18.9. The van der Waals surface area contributed by atoms with Crippen molar-refractivity contribution in [1.29, 1.82) is 5.26 Å². The van der Waals surface area contributed by atoms with E-state index in [0.29, 0.717) is 23.1 Å². The van der Waals surface area contributed by atoms with E-state index in [1.54, 1.807) is 48.7 Å². The zero-order chi connectivity index (χ0) is 43.4. The number of halogens is 1. The summed E-state index contributed by atoms with van der Waals surface area (Å²) in [6, 6.07) is 10.6. The Morgan fingerprint density at radius 2 is 1.85 bits per heavy atom. The molecule has 61 heavy (non-hydrogen) atoms. The maximum Gasteiger partial charge on any atom is 0.695 e. The van der Waals surface area contributed by atoms with Crippen molar-refractivity contribution in [3.63, 3.8) is 0 Å². The number of benzene rings is 1. The Balaban J connectivity index is 1.09. The second-order valence-electron chi connectivity index (χ2n) is 14.0. The van der Waals surface area contributed by atoms with Crippen LogP contribution in [-0.4, -0.2) is 99.5 Å². The molecule has 4 N–H and O–H groups in total. The number of nitriles is 1. The van der Waals surface area contributed by atoms with Crippen LogP contribution in [-0.2, 0) is 48.7 Å². The lowest BCUT2D eigenvalue weighted by molar-refractivity contribution is -0.118. The minimum atomic E-state index is -3.84. The average Bonchev–Trinajstić information content (AvgIpc) is 4.02. The fourth-order valence-corrected chi connectivity index (χ4v) is 9.16. The quantitative estimate of drug-likeness (QED) is 0.0746. The molecule has 2 saturated heterocycles. The van der Waals surface area contributed by atoms with Gasteiger partial charge < -0.3 is 28.4 Å². The van der Waals surface area contributed by atoms with Crippen LogP contribution in [0.5, 0.6) is 0 Å². The summed E-state index contributed by atoms with van der Waals surface area (Å²) in [5.74, 6) is -1.32. The third-order valence-corrected chi connectivity index (χ3v) is 12.4. The maximum absolute atomic E-state index is 16.2. The van der Waals surface area contributed by atoms with Crippen LogP contribution in [0.4, 0.5) is 16.2 Å². The summed E-state index contributed by atoms with van der Waals surface area (Å²) in [5.41, 5.74) is 0.0287. The van der Waals surface area contributed by atoms with Gasteiger partial charge in [0.15, 0.2) is 46.6 Å². The molecule has 7 rings (SSSR count). The van der Waals surface area contributed by atoms with Crippen LogP contribution in [0.15, 0.2) is 54.1 Å². The highest BCUT2D eigenvalue weighted by Crippen LogP contribution is 2.55. The van der Waals surface area contributed by atoms with Crippen LogP contribution in [0.1, 0.15) is 62.8 Å². The van der Waals surface area contributed by atoms with E-state index in [1.165, 1.54) is 12.7 Å². The van der Waals surface area contributed by atoms with Crippen LogP contribution in [0.2, 0.25) is 0 Å². The molecule has 9 atom stereocenters. The third kappa shape index (κ3) is 9.71. The maximum atomic E-state index is 16.2. The zero-order valence-corrected chi connectivity index (χ0v) is 35.2. The fraction of sp³-hybridized carbons (Fsp3) is 0.457. The molecule has 0 saturated carbocycles. The molecular weight excluding hydrogens is 863 g/mol. The minimum Gasteiger partial charge on any atom is -0.352 e. The van der Waals surface area contributed by atoms with Gasteiger partial charge in [0.1, 0.15) is 18.7 Å². The molecule has 0 radical (unpaired) electrons. The predicted octanol–water partition coefficient (Wildman–Crippen LogP) is 4.33. The van der Waals surface area contributed by atoms with E-state index >= 15 is 4.39 Å². The van der Waals surface area contributed by atoms with E-state index in [4.69, 9.17) is 39.4 Å². The Labute approximate surface area is 351 Å². The number of carbonyl (C=O) groups excluding carboxylic acids is 2. The second-order valence-corrected chi connectivity index (χ2v) is 17.6. The van der Waals surface area contributed by atoms with Crippen LogP contribution in [0.3, 0.4) is 0 Å². The third-order valence-electron chi connectivity index (χ3n) is 9.59. The molecule has 6 heterocycles. The SMILES string of the molecule is CC[C@H]1O[C@@H](n2cnc3c(NC(=O)c4ccccc4)ncnc32)C[C@@H]1OP(=S)(OCCC#N)OC[C@H]1O[C@@H](n2cnc3c(=O)[nH]c(NC(=O)C(C)C)nc32)[C@H](O[P+](=O)O)[C@@H]1F. The number of nitrogens with one attached hydrogen (secondary N) is 3. The molecule has 2 fully saturated rings. The van der Waals surface area contributed by atoms with Crippen molar-refractivity contribution in [3.8, 4) is 6.07 Å². The number of H-pyrrole nitrogens is 1. The fourth-order valence-electron chi connectivity index (χ4n) is 6.60. The van der Waals surface area contributed by atoms with E-state index in [1.807, 2.05) is 13.0 Å². The van der Waals surface area contributed by atoms with Gasteiger partial charge in [-0.3, -0.25) is 33.8 Å². The van der Waals surface area contributed by atoms with Gasteiger partial charge in [0.05, 0.1) is 50.6 Å². The van der Waals surface area contributed by atoms with Crippen LogP contribution in [0, 0.1) is 17.2 Å².